The highest BCUT2D eigenvalue weighted by molar-refractivity contribution is 6.34. The maximum atomic E-state index is 12.1. The molecule has 0 aliphatic heterocycles. The number of pyridine rings is 1. The van der Waals surface area contributed by atoms with Crippen LogP contribution in [0.15, 0.2) is 36.5 Å². The van der Waals surface area contributed by atoms with Crippen LogP contribution in [0.4, 0.5) is 11.5 Å². The van der Waals surface area contributed by atoms with E-state index in [0.717, 1.165) is 0 Å². The zero-order valence-electron chi connectivity index (χ0n) is 10.9. The van der Waals surface area contributed by atoms with Crippen LogP contribution in [0.2, 0.25) is 5.02 Å². The number of halogens is 1. The molecule has 0 unspecified atom stereocenters. The second-order valence-electron chi connectivity index (χ2n) is 4.00. The van der Waals surface area contributed by atoms with Crippen LogP contribution in [-0.2, 0) is 0 Å². The molecule has 0 saturated heterocycles. The molecule has 0 radical (unpaired) electrons. The van der Waals surface area contributed by atoms with Gasteiger partial charge in [-0.15, -0.1) is 0 Å². The lowest BCUT2D eigenvalue weighted by atomic mass is 10.2. The van der Waals surface area contributed by atoms with E-state index in [1.807, 2.05) is 13.0 Å². The smallest absolute Gasteiger partial charge is 0.257 e. The minimum absolute atomic E-state index is 0.239. The Bertz CT molecular complexity index is 632. The number of nitrogens with two attached hydrogens (primary N) is 1. The Morgan fingerprint density at radius 2 is 2.25 bits per heavy atom. The lowest BCUT2D eigenvalue weighted by molar-refractivity contribution is 0.102. The molecule has 1 aromatic carbocycles. The first-order valence-electron chi connectivity index (χ1n) is 6.05. The average molecular weight is 292 g/mol. The van der Waals surface area contributed by atoms with E-state index in [4.69, 9.17) is 22.1 Å². The third-order valence-corrected chi connectivity index (χ3v) is 2.83. The number of ether oxygens (including phenoxy) is 1. The molecule has 0 atom stereocenters. The Hall–Kier alpha value is -2.27. The van der Waals surface area contributed by atoms with Gasteiger partial charge in [0.1, 0.15) is 11.6 Å². The largest absolute Gasteiger partial charge is 0.494 e. The van der Waals surface area contributed by atoms with Crippen molar-refractivity contribution in [1.29, 1.82) is 0 Å². The van der Waals surface area contributed by atoms with Crippen molar-refractivity contribution < 1.29 is 9.53 Å². The van der Waals surface area contributed by atoms with Gasteiger partial charge < -0.3 is 15.8 Å². The fourth-order valence-electron chi connectivity index (χ4n) is 1.66. The van der Waals surface area contributed by atoms with Gasteiger partial charge >= 0.3 is 0 Å². The number of carbonyl (C=O) groups excluding carboxylic acids is 1. The predicted molar refractivity (Wildman–Crippen MR) is 79.2 cm³/mol. The molecule has 5 nitrogen and oxygen atoms in total. The van der Waals surface area contributed by atoms with Crippen LogP contribution >= 0.6 is 11.6 Å². The number of nitrogens with zero attached hydrogens (tertiary/aromatic N) is 1. The van der Waals surface area contributed by atoms with E-state index in [9.17, 15) is 4.79 Å². The minimum atomic E-state index is -0.349. The summed E-state index contributed by atoms with van der Waals surface area (Å²) >= 11 is 5.93. The van der Waals surface area contributed by atoms with Gasteiger partial charge in [-0.2, -0.15) is 0 Å². The van der Waals surface area contributed by atoms with Crippen LogP contribution in [0.1, 0.15) is 17.3 Å². The molecule has 104 valence electrons. The predicted octanol–water partition coefficient (Wildman–Crippen LogP) is 2.97. The van der Waals surface area contributed by atoms with Gasteiger partial charge in [0.25, 0.3) is 5.91 Å². The summed E-state index contributed by atoms with van der Waals surface area (Å²) < 4.78 is 5.37. The van der Waals surface area contributed by atoms with Gasteiger partial charge in [-0.05, 0) is 25.1 Å². The fraction of sp³-hybridized carbons (Fsp3) is 0.143. The maximum absolute atomic E-state index is 12.1. The van der Waals surface area contributed by atoms with E-state index in [1.54, 1.807) is 18.2 Å². The monoisotopic (exact) mass is 291 g/mol. The number of aromatic nitrogens is 1. The summed E-state index contributed by atoms with van der Waals surface area (Å²) in [7, 11) is 0. The summed E-state index contributed by atoms with van der Waals surface area (Å²) in [5.41, 5.74) is 6.45. The number of amides is 1. The van der Waals surface area contributed by atoms with Crippen LogP contribution in [0.5, 0.6) is 5.75 Å². The van der Waals surface area contributed by atoms with E-state index in [-0.39, 0.29) is 22.3 Å². The first-order chi connectivity index (χ1) is 9.60. The van der Waals surface area contributed by atoms with E-state index in [0.29, 0.717) is 18.0 Å². The molecule has 0 aliphatic carbocycles. The summed E-state index contributed by atoms with van der Waals surface area (Å²) in [6.45, 7) is 2.45. The van der Waals surface area contributed by atoms with Crippen LogP contribution in [-0.4, -0.2) is 17.5 Å². The highest BCUT2D eigenvalue weighted by atomic mass is 35.5. The lowest BCUT2D eigenvalue weighted by Crippen LogP contribution is -2.13. The molecule has 3 N–H and O–H groups in total. The summed E-state index contributed by atoms with van der Waals surface area (Å²) in [6, 6.07) is 8.54. The van der Waals surface area contributed by atoms with Crippen LogP contribution in [0.3, 0.4) is 0 Å². The second-order valence-corrected chi connectivity index (χ2v) is 4.41. The summed E-state index contributed by atoms with van der Waals surface area (Å²) in [5, 5.41) is 2.99. The highest BCUT2D eigenvalue weighted by Gasteiger charge is 2.12. The van der Waals surface area contributed by atoms with E-state index in [2.05, 4.69) is 10.3 Å². The van der Waals surface area contributed by atoms with Crippen molar-refractivity contribution in [1.82, 2.24) is 4.98 Å². The minimum Gasteiger partial charge on any atom is -0.494 e. The Labute approximate surface area is 121 Å². The molecule has 0 saturated carbocycles. The number of carbonyl (C=O) groups is 1. The number of rotatable bonds is 4. The number of nitrogen functional groups attached to an aromatic ring is 1. The van der Waals surface area contributed by atoms with Gasteiger partial charge in [0.2, 0.25) is 0 Å². The standard InChI is InChI=1S/C14H14ClN3O2/c1-2-20-10-5-3-4-9(6-10)18-14(19)11-7-13(16)17-8-12(11)15/h3-8H,2H2,1H3,(H2,16,17)(H,18,19). The molecule has 1 aromatic heterocycles. The van der Waals surface area contributed by atoms with E-state index < -0.39 is 0 Å². The van der Waals surface area contributed by atoms with Gasteiger partial charge in [0, 0.05) is 18.0 Å². The van der Waals surface area contributed by atoms with Gasteiger partial charge in [-0.1, -0.05) is 17.7 Å². The van der Waals surface area contributed by atoms with Crippen LogP contribution in [0, 0.1) is 0 Å². The van der Waals surface area contributed by atoms with Crippen molar-refractivity contribution in [2.24, 2.45) is 0 Å². The second kappa shape index (κ2) is 6.25. The zero-order valence-corrected chi connectivity index (χ0v) is 11.6. The Balaban J connectivity index is 2.19. The molecule has 2 aromatic rings. The first kappa shape index (κ1) is 14.1. The van der Waals surface area contributed by atoms with Gasteiger partial charge in [-0.3, -0.25) is 4.79 Å². The number of benzene rings is 1. The van der Waals surface area contributed by atoms with Crippen molar-refractivity contribution in [3.63, 3.8) is 0 Å². The number of anilines is 2. The third-order valence-electron chi connectivity index (χ3n) is 2.52. The van der Waals surface area contributed by atoms with E-state index >= 15 is 0 Å². The summed E-state index contributed by atoms with van der Waals surface area (Å²) in [5.74, 6) is 0.575. The van der Waals surface area contributed by atoms with Crippen molar-refractivity contribution in [3.8, 4) is 5.75 Å². The molecular formula is C14H14ClN3O2. The third kappa shape index (κ3) is 3.39. The Morgan fingerprint density at radius 3 is 3.00 bits per heavy atom. The molecule has 6 heteroatoms. The van der Waals surface area contributed by atoms with Crippen molar-refractivity contribution in [2.75, 3.05) is 17.7 Å². The fourth-order valence-corrected chi connectivity index (χ4v) is 1.85. The summed E-state index contributed by atoms with van der Waals surface area (Å²) in [6.07, 6.45) is 1.35. The summed E-state index contributed by atoms with van der Waals surface area (Å²) in [4.78, 5) is 15.9. The highest BCUT2D eigenvalue weighted by Crippen LogP contribution is 2.21. The maximum Gasteiger partial charge on any atom is 0.257 e. The first-order valence-corrected chi connectivity index (χ1v) is 6.43. The normalized spacial score (nSPS) is 10.1. The average Bonchev–Trinajstić information content (AvgIpc) is 2.42. The van der Waals surface area contributed by atoms with Gasteiger partial charge in [0.15, 0.2) is 0 Å². The lowest BCUT2D eigenvalue weighted by Gasteiger charge is -2.09. The van der Waals surface area contributed by atoms with Crippen LogP contribution in [0.25, 0.3) is 0 Å². The molecule has 1 amide bonds. The quantitative estimate of drug-likeness (QED) is 0.908. The van der Waals surface area contributed by atoms with Gasteiger partial charge in [0.05, 0.1) is 17.2 Å². The zero-order chi connectivity index (χ0) is 14.5. The van der Waals surface area contributed by atoms with Crippen molar-refractivity contribution in [3.05, 3.63) is 47.1 Å². The van der Waals surface area contributed by atoms with E-state index in [1.165, 1.54) is 12.3 Å². The number of hydrogen-bond donors (Lipinski definition) is 2. The topological polar surface area (TPSA) is 77.2 Å². The molecule has 0 fully saturated rings. The molecule has 0 spiro atoms. The van der Waals surface area contributed by atoms with Crippen molar-refractivity contribution >= 4 is 29.0 Å². The SMILES string of the molecule is CCOc1cccc(NC(=O)c2cc(N)ncc2Cl)c1. The molecular weight excluding hydrogens is 278 g/mol. The Kier molecular flexibility index (Phi) is 4.42. The molecule has 0 aliphatic rings. The molecule has 1 heterocycles. The Morgan fingerprint density at radius 1 is 1.45 bits per heavy atom. The van der Waals surface area contributed by atoms with Crippen molar-refractivity contribution in [2.45, 2.75) is 6.92 Å². The molecule has 0 bridgehead atoms. The van der Waals surface area contributed by atoms with Gasteiger partial charge in [-0.25, -0.2) is 4.98 Å². The number of nitrogens with one attached hydrogen (secondary N) is 1. The molecule has 20 heavy (non-hydrogen) atoms. The van der Waals surface area contributed by atoms with Crippen LogP contribution < -0.4 is 15.8 Å². The molecule has 2 rings (SSSR count). The number of hydrogen-bond acceptors (Lipinski definition) is 4.